The summed E-state index contributed by atoms with van der Waals surface area (Å²) in [6.07, 6.45) is 2.93. The second-order valence-electron chi connectivity index (χ2n) is 4.26. The van der Waals surface area contributed by atoms with Crippen molar-refractivity contribution in [2.45, 2.75) is 25.3 Å². The van der Waals surface area contributed by atoms with Crippen LogP contribution in [0.5, 0.6) is 0 Å². The number of hydrogen-bond acceptors (Lipinski definition) is 3. The van der Waals surface area contributed by atoms with Crippen LogP contribution in [-0.2, 0) is 10.2 Å². The second-order valence-corrected chi connectivity index (χ2v) is 6.25. The summed E-state index contributed by atoms with van der Waals surface area (Å²) >= 11 is 0. The average molecular weight is 233 g/mol. The van der Waals surface area contributed by atoms with Gasteiger partial charge in [0, 0.05) is 32.7 Å². The van der Waals surface area contributed by atoms with Crippen molar-refractivity contribution in [2.24, 2.45) is 0 Å². The van der Waals surface area contributed by atoms with Gasteiger partial charge in [0.1, 0.15) is 0 Å². The van der Waals surface area contributed by atoms with Gasteiger partial charge in [-0.2, -0.15) is 17.0 Å². The van der Waals surface area contributed by atoms with Gasteiger partial charge in [0.15, 0.2) is 0 Å². The Kier molecular flexibility index (Phi) is 3.30. The molecule has 5 nitrogen and oxygen atoms in total. The molecule has 0 unspecified atom stereocenters. The SMILES string of the molecule is CN(C1CC1)S(=O)(=O)N1CCCNCC1. The predicted octanol–water partition coefficient (Wildman–Crippen LogP) is -0.379. The highest BCUT2D eigenvalue weighted by molar-refractivity contribution is 7.86. The van der Waals surface area contributed by atoms with Crippen molar-refractivity contribution >= 4 is 10.2 Å². The second kappa shape index (κ2) is 4.37. The maximum atomic E-state index is 12.1. The fourth-order valence-electron chi connectivity index (χ4n) is 1.86. The number of rotatable bonds is 3. The van der Waals surface area contributed by atoms with Crippen molar-refractivity contribution in [3.05, 3.63) is 0 Å². The minimum atomic E-state index is -3.20. The van der Waals surface area contributed by atoms with E-state index in [0.717, 1.165) is 32.4 Å². The molecule has 1 aliphatic carbocycles. The van der Waals surface area contributed by atoms with Gasteiger partial charge >= 0.3 is 0 Å². The topological polar surface area (TPSA) is 52.7 Å². The zero-order chi connectivity index (χ0) is 10.9. The van der Waals surface area contributed by atoms with E-state index in [2.05, 4.69) is 5.32 Å². The molecule has 15 heavy (non-hydrogen) atoms. The molecular weight excluding hydrogens is 214 g/mol. The molecule has 0 amide bonds. The molecule has 1 N–H and O–H groups in total. The lowest BCUT2D eigenvalue weighted by Crippen LogP contribution is -2.44. The quantitative estimate of drug-likeness (QED) is 0.723. The highest BCUT2D eigenvalue weighted by atomic mass is 32.2. The van der Waals surface area contributed by atoms with E-state index in [4.69, 9.17) is 0 Å². The van der Waals surface area contributed by atoms with Gasteiger partial charge in [-0.3, -0.25) is 0 Å². The molecule has 0 aromatic heterocycles. The molecule has 2 rings (SSSR count). The van der Waals surface area contributed by atoms with E-state index >= 15 is 0 Å². The maximum absolute atomic E-state index is 12.1. The van der Waals surface area contributed by atoms with Crippen molar-refractivity contribution < 1.29 is 8.42 Å². The van der Waals surface area contributed by atoms with Crippen molar-refractivity contribution in [2.75, 3.05) is 33.2 Å². The average Bonchev–Trinajstić information content (AvgIpc) is 3.04. The third-order valence-electron chi connectivity index (χ3n) is 3.05. The minimum Gasteiger partial charge on any atom is -0.315 e. The minimum absolute atomic E-state index is 0.256. The molecule has 88 valence electrons. The molecule has 1 heterocycles. The van der Waals surface area contributed by atoms with E-state index in [-0.39, 0.29) is 6.04 Å². The molecule has 1 saturated carbocycles. The Morgan fingerprint density at radius 1 is 1.27 bits per heavy atom. The Morgan fingerprint density at radius 2 is 2.00 bits per heavy atom. The molecule has 1 aliphatic heterocycles. The molecule has 1 saturated heterocycles. The molecule has 0 bridgehead atoms. The molecule has 0 radical (unpaired) electrons. The zero-order valence-corrected chi connectivity index (χ0v) is 9.96. The van der Waals surface area contributed by atoms with Crippen LogP contribution < -0.4 is 5.32 Å². The van der Waals surface area contributed by atoms with Crippen LogP contribution in [0, 0.1) is 0 Å². The lowest BCUT2D eigenvalue weighted by Gasteiger charge is -2.25. The molecule has 2 aliphatic rings. The molecule has 0 aromatic carbocycles. The number of nitrogens with one attached hydrogen (secondary N) is 1. The Morgan fingerprint density at radius 3 is 2.67 bits per heavy atom. The first-order chi connectivity index (χ1) is 7.12. The van der Waals surface area contributed by atoms with E-state index in [9.17, 15) is 8.42 Å². The van der Waals surface area contributed by atoms with Crippen molar-refractivity contribution in [3.63, 3.8) is 0 Å². The lowest BCUT2D eigenvalue weighted by atomic mass is 10.4. The standard InChI is InChI=1S/C9H19N3O2S/c1-11(9-3-4-9)15(13,14)12-7-2-5-10-6-8-12/h9-10H,2-8H2,1H3. The lowest BCUT2D eigenvalue weighted by molar-refractivity contribution is 0.367. The smallest absolute Gasteiger partial charge is 0.282 e. The van der Waals surface area contributed by atoms with Crippen LogP contribution in [0.25, 0.3) is 0 Å². The Balaban J connectivity index is 2.05. The summed E-state index contributed by atoms with van der Waals surface area (Å²) in [6, 6.07) is 0.256. The van der Waals surface area contributed by atoms with Crippen LogP contribution in [0.1, 0.15) is 19.3 Å². The monoisotopic (exact) mass is 233 g/mol. The largest absolute Gasteiger partial charge is 0.315 e. The summed E-state index contributed by atoms with van der Waals surface area (Å²) in [5.74, 6) is 0. The molecule has 2 fully saturated rings. The number of hydrogen-bond donors (Lipinski definition) is 1. The molecule has 0 atom stereocenters. The Hall–Kier alpha value is -0.170. The molecule has 6 heteroatoms. The maximum Gasteiger partial charge on any atom is 0.282 e. The van der Waals surface area contributed by atoms with Crippen LogP contribution >= 0.6 is 0 Å². The third-order valence-corrected chi connectivity index (χ3v) is 5.09. The summed E-state index contributed by atoms with van der Waals surface area (Å²) in [5, 5.41) is 3.21. The third kappa shape index (κ3) is 2.50. The van der Waals surface area contributed by atoms with Crippen LogP contribution in [0.15, 0.2) is 0 Å². The van der Waals surface area contributed by atoms with Crippen molar-refractivity contribution in [1.82, 2.24) is 13.9 Å². The highest BCUT2D eigenvalue weighted by Gasteiger charge is 2.37. The van der Waals surface area contributed by atoms with Crippen LogP contribution in [0.4, 0.5) is 0 Å². The normalized spacial score (nSPS) is 25.5. The highest BCUT2D eigenvalue weighted by Crippen LogP contribution is 2.28. The van der Waals surface area contributed by atoms with Gasteiger partial charge in [0.25, 0.3) is 10.2 Å². The van der Waals surface area contributed by atoms with Crippen LogP contribution in [-0.4, -0.2) is 56.3 Å². The predicted molar refractivity (Wildman–Crippen MR) is 58.8 cm³/mol. The summed E-state index contributed by atoms with van der Waals surface area (Å²) in [6.45, 7) is 2.92. The van der Waals surface area contributed by atoms with Crippen LogP contribution in [0.3, 0.4) is 0 Å². The van der Waals surface area contributed by atoms with E-state index in [1.807, 2.05) is 0 Å². The molecule has 0 aromatic rings. The van der Waals surface area contributed by atoms with Gasteiger partial charge in [-0.1, -0.05) is 0 Å². The van der Waals surface area contributed by atoms with Crippen molar-refractivity contribution in [1.29, 1.82) is 0 Å². The van der Waals surface area contributed by atoms with Gasteiger partial charge in [0.05, 0.1) is 0 Å². The summed E-state index contributed by atoms with van der Waals surface area (Å²) in [4.78, 5) is 0. The fraction of sp³-hybridized carbons (Fsp3) is 1.00. The molecular formula is C9H19N3O2S. The van der Waals surface area contributed by atoms with Gasteiger partial charge in [-0.15, -0.1) is 0 Å². The van der Waals surface area contributed by atoms with E-state index < -0.39 is 10.2 Å². The van der Waals surface area contributed by atoms with E-state index in [1.165, 1.54) is 0 Å². The number of nitrogens with zero attached hydrogens (tertiary/aromatic N) is 2. The van der Waals surface area contributed by atoms with Gasteiger partial charge in [0.2, 0.25) is 0 Å². The Labute approximate surface area is 91.6 Å². The first-order valence-electron chi connectivity index (χ1n) is 5.56. The summed E-state index contributed by atoms with van der Waals surface area (Å²) in [7, 11) is -1.50. The van der Waals surface area contributed by atoms with Gasteiger partial charge in [-0.25, -0.2) is 0 Å². The summed E-state index contributed by atoms with van der Waals surface area (Å²) in [5.41, 5.74) is 0. The first-order valence-corrected chi connectivity index (χ1v) is 6.96. The Bertz CT molecular complexity index is 305. The van der Waals surface area contributed by atoms with E-state index in [1.54, 1.807) is 15.7 Å². The van der Waals surface area contributed by atoms with E-state index in [0.29, 0.717) is 13.1 Å². The van der Waals surface area contributed by atoms with Gasteiger partial charge in [-0.05, 0) is 25.8 Å². The molecule has 0 spiro atoms. The van der Waals surface area contributed by atoms with Gasteiger partial charge < -0.3 is 5.32 Å². The van der Waals surface area contributed by atoms with Crippen LogP contribution in [0.2, 0.25) is 0 Å². The zero-order valence-electron chi connectivity index (χ0n) is 9.15. The first kappa shape index (κ1) is 11.3. The summed E-state index contributed by atoms with van der Waals surface area (Å²) < 4.78 is 27.4. The van der Waals surface area contributed by atoms with Crippen molar-refractivity contribution in [3.8, 4) is 0 Å². The fourth-order valence-corrected chi connectivity index (χ4v) is 3.49.